The lowest BCUT2D eigenvalue weighted by Crippen LogP contribution is -2.31. The minimum absolute atomic E-state index is 0.0734. The van der Waals surface area contributed by atoms with Crippen molar-refractivity contribution in [2.75, 3.05) is 13.1 Å². The Morgan fingerprint density at radius 1 is 1.03 bits per heavy atom. The van der Waals surface area contributed by atoms with Gasteiger partial charge in [0.1, 0.15) is 17.4 Å². The maximum Gasteiger partial charge on any atom is 0.276 e. The van der Waals surface area contributed by atoms with Crippen molar-refractivity contribution in [2.45, 2.75) is 12.5 Å². The highest BCUT2D eigenvalue weighted by Gasteiger charge is 2.30. The fraction of sp³-hybridized carbons (Fsp3) is 0.182. The van der Waals surface area contributed by atoms with Gasteiger partial charge in [-0.05, 0) is 24.3 Å². The fourth-order valence-electron chi connectivity index (χ4n) is 3.57. The molecule has 2 aromatic carbocycles. The van der Waals surface area contributed by atoms with Crippen LogP contribution in [-0.4, -0.2) is 50.0 Å². The monoisotopic (exact) mass is 385 g/mol. The van der Waals surface area contributed by atoms with Crippen LogP contribution in [0.15, 0.2) is 73.1 Å². The summed E-state index contributed by atoms with van der Waals surface area (Å²) in [6.07, 6.45) is 3.96. The van der Waals surface area contributed by atoms with Gasteiger partial charge >= 0.3 is 0 Å². The number of rotatable bonds is 4. The standard InChI is InChI=1S/C22H19N5O2/c28-22(19-14-24-27(25-19)17-8-2-1-3-9-17)26-13-11-18(15-26)29-20-10-4-6-16-7-5-12-23-21(16)20/h1-10,12,14,18H,11,13,15H2. The van der Waals surface area contributed by atoms with Gasteiger partial charge in [-0.15, -0.1) is 5.10 Å². The van der Waals surface area contributed by atoms with E-state index in [0.717, 1.165) is 28.8 Å². The van der Waals surface area contributed by atoms with Crippen LogP contribution in [0.25, 0.3) is 16.6 Å². The van der Waals surface area contributed by atoms with Crippen LogP contribution < -0.4 is 4.74 Å². The maximum atomic E-state index is 12.8. The summed E-state index contributed by atoms with van der Waals surface area (Å²) in [6.45, 7) is 1.14. The Labute approximate surface area is 167 Å². The number of aromatic nitrogens is 4. The molecule has 1 fully saturated rings. The first kappa shape index (κ1) is 17.4. The summed E-state index contributed by atoms with van der Waals surface area (Å²) in [6, 6.07) is 19.3. The summed E-state index contributed by atoms with van der Waals surface area (Å²) in [7, 11) is 0. The van der Waals surface area contributed by atoms with Gasteiger partial charge in [0.2, 0.25) is 0 Å². The van der Waals surface area contributed by atoms with Gasteiger partial charge in [-0.3, -0.25) is 9.78 Å². The number of nitrogens with zero attached hydrogens (tertiary/aromatic N) is 5. The molecule has 1 aliphatic rings. The number of benzene rings is 2. The average Bonchev–Trinajstić information content (AvgIpc) is 3.44. The molecular formula is C22H19N5O2. The van der Waals surface area contributed by atoms with Crippen LogP contribution in [0.4, 0.5) is 0 Å². The Kier molecular flexibility index (Phi) is 4.40. The molecule has 1 atom stereocenters. The van der Waals surface area contributed by atoms with Gasteiger partial charge in [0, 0.05) is 24.5 Å². The number of hydrogen-bond acceptors (Lipinski definition) is 5. The first-order chi connectivity index (χ1) is 14.3. The van der Waals surface area contributed by atoms with Crippen LogP contribution >= 0.6 is 0 Å². The molecule has 1 saturated heterocycles. The van der Waals surface area contributed by atoms with E-state index < -0.39 is 0 Å². The van der Waals surface area contributed by atoms with Crippen molar-refractivity contribution in [3.63, 3.8) is 0 Å². The molecule has 1 unspecified atom stereocenters. The van der Waals surface area contributed by atoms with Crippen LogP contribution in [0, 0.1) is 0 Å². The van der Waals surface area contributed by atoms with Crippen molar-refractivity contribution >= 4 is 16.8 Å². The zero-order valence-electron chi connectivity index (χ0n) is 15.7. The predicted octanol–water partition coefficient (Wildman–Crippen LogP) is 3.11. The summed E-state index contributed by atoms with van der Waals surface area (Å²) < 4.78 is 6.18. The third-order valence-electron chi connectivity index (χ3n) is 5.02. The first-order valence-electron chi connectivity index (χ1n) is 9.55. The fourth-order valence-corrected chi connectivity index (χ4v) is 3.57. The Bertz CT molecular complexity index is 1150. The van der Waals surface area contributed by atoms with Crippen molar-refractivity contribution in [3.05, 3.63) is 78.8 Å². The largest absolute Gasteiger partial charge is 0.486 e. The highest BCUT2D eigenvalue weighted by Crippen LogP contribution is 2.26. The molecule has 7 heteroatoms. The van der Waals surface area contributed by atoms with Gasteiger partial charge in [0.05, 0.1) is 18.4 Å². The zero-order valence-corrected chi connectivity index (χ0v) is 15.7. The molecular weight excluding hydrogens is 366 g/mol. The van der Waals surface area contributed by atoms with Gasteiger partial charge in [0.25, 0.3) is 5.91 Å². The molecule has 0 aliphatic carbocycles. The molecule has 0 saturated carbocycles. The molecule has 4 aromatic rings. The van der Waals surface area contributed by atoms with E-state index in [1.165, 1.54) is 11.0 Å². The molecule has 144 valence electrons. The van der Waals surface area contributed by atoms with Crippen LogP contribution in [0.2, 0.25) is 0 Å². The molecule has 5 rings (SSSR count). The summed E-state index contributed by atoms with van der Waals surface area (Å²) in [5.41, 5.74) is 1.99. The van der Waals surface area contributed by atoms with E-state index in [1.54, 1.807) is 11.1 Å². The number of amides is 1. The normalized spacial score (nSPS) is 16.3. The van der Waals surface area contributed by atoms with Gasteiger partial charge in [0.15, 0.2) is 5.69 Å². The smallest absolute Gasteiger partial charge is 0.276 e. The number of carbonyl (C=O) groups is 1. The summed E-state index contributed by atoms with van der Waals surface area (Å²) >= 11 is 0. The van der Waals surface area contributed by atoms with Crippen molar-refractivity contribution in [3.8, 4) is 11.4 Å². The quantitative estimate of drug-likeness (QED) is 0.540. The summed E-state index contributed by atoms with van der Waals surface area (Å²) in [4.78, 5) is 20.5. The molecule has 0 spiro atoms. The molecule has 1 aliphatic heterocycles. The molecule has 1 amide bonds. The maximum absolute atomic E-state index is 12.8. The molecule has 0 N–H and O–H groups in total. The molecule has 0 bridgehead atoms. The van der Waals surface area contributed by atoms with Gasteiger partial charge in [-0.25, -0.2) is 0 Å². The molecule has 2 aromatic heterocycles. The second-order valence-corrected chi connectivity index (χ2v) is 6.97. The zero-order chi connectivity index (χ0) is 19.6. The average molecular weight is 385 g/mol. The number of carbonyl (C=O) groups excluding carboxylic acids is 1. The van der Waals surface area contributed by atoms with E-state index in [4.69, 9.17) is 4.74 Å². The number of pyridine rings is 1. The number of hydrogen-bond donors (Lipinski definition) is 0. The topological polar surface area (TPSA) is 73.1 Å². The van der Waals surface area contributed by atoms with E-state index in [2.05, 4.69) is 15.2 Å². The number of para-hydroxylation sites is 2. The third kappa shape index (κ3) is 3.42. The van der Waals surface area contributed by atoms with Crippen molar-refractivity contribution < 1.29 is 9.53 Å². The van der Waals surface area contributed by atoms with Crippen LogP contribution in [-0.2, 0) is 0 Å². The van der Waals surface area contributed by atoms with Gasteiger partial charge in [-0.1, -0.05) is 36.4 Å². The van der Waals surface area contributed by atoms with E-state index in [1.807, 2.05) is 60.7 Å². The Balaban J connectivity index is 1.28. The van der Waals surface area contributed by atoms with E-state index >= 15 is 0 Å². The van der Waals surface area contributed by atoms with Gasteiger partial charge < -0.3 is 9.64 Å². The summed E-state index contributed by atoms with van der Waals surface area (Å²) in [5, 5.41) is 9.59. The lowest BCUT2D eigenvalue weighted by atomic mass is 10.2. The lowest BCUT2D eigenvalue weighted by molar-refractivity contribution is 0.0766. The Morgan fingerprint density at radius 3 is 2.79 bits per heavy atom. The van der Waals surface area contributed by atoms with Crippen LogP contribution in [0.3, 0.4) is 0 Å². The van der Waals surface area contributed by atoms with E-state index in [9.17, 15) is 4.79 Å². The first-order valence-corrected chi connectivity index (χ1v) is 9.55. The third-order valence-corrected chi connectivity index (χ3v) is 5.02. The number of fused-ring (bicyclic) bond motifs is 1. The summed E-state index contributed by atoms with van der Waals surface area (Å²) in [5.74, 6) is 0.617. The number of ether oxygens (including phenoxy) is 1. The van der Waals surface area contributed by atoms with Crippen LogP contribution in [0.5, 0.6) is 5.75 Å². The van der Waals surface area contributed by atoms with E-state index in [0.29, 0.717) is 18.8 Å². The highest BCUT2D eigenvalue weighted by atomic mass is 16.5. The Morgan fingerprint density at radius 2 is 1.90 bits per heavy atom. The molecule has 3 heterocycles. The van der Waals surface area contributed by atoms with Crippen LogP contribution in [0.1, 0.15) is 16.9 Å². The second kappa shape index (κ2) is 7.35. The van der Waals surface area contributed by atoms with Gasteiger partial charge in [-0.2, -0.15) is 9.90 Å². The Hall–Kier alpha value is -3.74. The minimum atomic E-state index is -0.130. The number of likely N-dealkylation sites (tertiary alicyclic amines) is 1. The molecule has 7 nitrogen and oxygen atoms in total. The molecule has 29 heavy (non-hydrogen) atoms. The predicted molar refractivity (Wildman–Crippen MR) is 108 cm³/mol. The van der Waals surface area contributed by atoms with Crippen molar-refractivity contribution in [1.29, 1.82) is 0 Å². The highest BCUT2D eigenvalue weighted by molar-refractivity contribution is 5.92. The molecule has 0 radical (unpaired) electrons. The van der Waals surface area contributed by atoms with E-state index in [-0.39, 0.29) is 12.0 Å². The lowest BCUT2D eigenvalue weighted by Gasteiger charge is -2.17. The second-order valence-electron chi connectivity index (χ2n) is 6.97. The minimum Gasteiger partial charge on any atom is -0.486 e. The van der Waals surface area contributed by atoms with Crippen molar-refractivity contribution in [2.24, 2.45) is 0 Å². The van der Waals surface area contributed by atoms with Crippen molar-refractivity contribution in [1.82, 2.24) is 24.9 Å². The SMILES string of the molecule is O=C(c1cnn(-c2ccccc2)n1)N1CCC(Oc2cccc3cccnc23)C1.